The Bertz CT molecular complexity index is 654. The van der Waals surface area contributed by atoms with E-state index in [4.69, 9.17) is 0 Å². The van der Waals surface area contributed by atoms with Crippen molar-refractivity contribution in [3.05, 3.63) is 29.6 Å². The summed E-state index contributed by atoms with van der Waals surface area (Å²) in [6, 6.07) is 6.16. The summed E-state index contributed by atoms with van der Waals surface area (Å²) in [6.07, 6.45) is 5.45. The summed E-state index contributed by atoms with van der Waals surface area (Å²) in [4.78, 5) is 2.40. The van der Waals surface area contributed by atoms with Gasteiger partial charge in [-0.1, -0.05) is 0 Å². The van der Waals surface area contributed by atoms with E-state index in [9.17, 15) is 0 Å². The predicted molar refractivity (Wildman–Crippen MR) is 81.7 cm³/mol. The van der Waals surface area contributed by atoms with Gasteiger partial charge in [-0.05, 0) is 63.1 Å². The van der Waals surface area contributed by atoms with Crippen molar-refractivity contribution in [3.63, 3.8) is 0 Å². The standard InChI is InChI=1S/C16H21N5/c1-12-10-13(2)21(19-12)15-5-4-14(17-18-15)20-9-3-6-16(11-20)7-8-16/h4-5,10H,3,6-9,11H2,1-2H3. The molecule has 1 spiro atoms. The first kappa shape index (κ1) is 12.8. The number of rotatable bonds is 2. The second kappa shape index (κ2) is 4.55. The topological polar surface area (TPSA) is 46.8 Å². The van der Waals surface area contributed by atoms with Crippen LogP contribution in [0.4, 0.5) is 5.82 Å². The van der Waals surface area contributed by atoms with E-state index >= 15 is 0 Å². The quantitative estimate of drug-likeness (QED) is 0.850. The van der Waals surface area contributed by atoms with Crippen molar-refractivity contribution in [1.29, 1.82) is 0 Å². The average molecular weight is 283 g/mol. The summed E-state index contributed by atoms with van der Waals surface area (Å²) in [6.45, 7) is 6.29. The number of piperidine rings is 1. The van der Waals surface area contributed by atoms with Gasteiger partial charge >= 0.3 is 0 Å². The lowest BCUT2D eigenvalue weighted by Crippen LogP contribution is -2.37. The highest BCUT2D eigenvalue weighted by atomic mass is 15.4. The molecule has 1 aliphatic heterocycles. The highest BCUT2D eigenvalue weighted by Crippen LogP contribution is 2.52. The van der Waals surface area contributed by atoms with Crippen molar-refractivity contribution in [2.24, 2.45) is 5.41 Å². The van der Waals surface area contributed by atoms with Crippen LogP contribution >= 0.6 is 0 Å². The second-order valence-electron chi connectivity index (χ2n) is 6.61. The number of aryl methyl sites for hydroxylation is 2. The molecule has 1 aliphatic carbocycles. The van der Waals surface area contributed by atoms with Crippen LogP contribution in [0.25, 0.3) is 5.82 Å². The fourth-order valence-electron chi connectivity index (χ4n) is 3.45. The molecule has 5 heteroatoms. The first-order valence-electron chi connectivity index (χ1n) is 7.78. The lowest BCUT2D eigenvalue weighted by atomic mass is 9.95. The van der Waals surface area contributed by atoms with Crippen molar-refractivity contribution in [3.8, 4) is 5.82 Å². The minimum Gasteiger partial charge on any atom is -0.355 e. The lowest BCUT2D eigenvalue weighted by Gasteiger charge is -2.33. The molecule has 0 bridgehead atoms. The summed E-state index contributed by atoms with van der Waals surface area (Å²) in [5.41, 5.74) is 2.70. The number of hydrogen-bond donors (Lipinski definition) is 0. The van der Waals surface area contributed by atoms with E-state index in [0.29, 0.717) is 5.41 Å². The normalized spacial score (nSPS) is 20.0. The maximum Gasteiger partial charge on any atom is 0.176 e. The number of hydrogen-bond acceptors (Lipinski definition) is 4. The Kier molecular flexibility index (Phi) is 2.77. The maximum absolute atomic E-state index is 4.46. The first-order chi connectivity index (χ1) is 10.2. The zero-order valence-corrected chi connectivity index (χ0v) is 12.7. The molecule has 2 fully saturated rings. The molecular formula is C16H21N5. The van der Waals surface area contributed by atoms with Gasteiger partial charge in [0.2, 0.25) is 0 Å². The third-order valence-electron chi connectivity index (χ3n) is 4.81. The first-order valence-corrected chi connectivity index (χ1v) is 7.78. The van der Waals surface area contributed by atoms with E-state index < -0.39 is 0 Å². The summed E-state index contributed by atoms with van der Waals surface area (Å²) >= 11 is 0. The second-order valence-corrected chi connectivity index (χ2v) is 6.61. The van der Waals surface area contributed by atoms with Gasteiger partial charge in [0.05, 0.1) is 5.69 Å². The van der Waals surface area contributed by atoms with E-state index in [1.54, 1.807) is 0 Å². The Labute approximate surface area is 125 Å². The van der Waals surface area contributed by atoms with Crippen LogP contribution in [0.3, 0.4) is 0 Å². The van der Waals surface area contributed by atoms with Gasteiger partial charge < -0.3 is 4.90 Å². The van der Waals surface area contributed by atoms with Crippen molar-refractivity contribution in [2.75, 3.05) is 18.0 Å². The van der Waals surface area contributed by atoms with E-state index in [-0.39, 0.29) is 0 Å². The Morgan fingerprint density at radius 2 is 1.81 bits per heavy atom. The van der Waals surface area contributed by atoms with Crippen LogP contribution in [-0.4, -0.2) is 33.1 Å². The third-order valence-corrected chi connectivity index (χ3v) is 4.81. The van der Waals surface area contributed by atoms with Crippen LogP contribution in [0.1, 0.15) is 37.1 Å². The highest BCUT2D eigenvalue weighted by Gasteiger charge is 2.45. The Morgan fingerprint density at radius 1 is 1.05 bits per heavy atom. The van der Waals surface area contributed by atoms with Crippen LogP contribution in [-0.2, 0) is 0 Å². The monoisotopic (exact) mass is 283 g/mol. The van der Waals surface area contributed by atoms with Crippen LogP contribution < -0.4 is 4.90 Å². The molecule has 0 aromatic carbocycles. The maximum atomic E-state index is 4.46. The molecule has 3 heterocycles. The van der Waals surface area contributed by atoms with Crippen LogP contribution in [0.15, 0.2) is 18.2 Å². The van der Waals surface area contributed by atoms with Crippen LogP contribution in [0.2, 0.25) is 0 Å². The van der Waals surface area contributed by atoms with Gasteiger partial charge in [-0.2, -0.15) is 5.10 Å². The largest absolute Gasteiger partial charge is 0.355 e. The van der Waals surface area contributed by atoms with Crippen molar-refractivity contribution in [1.82, 2.24) is 20.0 Å². The fraction of sp³-hybridized carbons (Fsp3) is 0.562. The molecule has 0 N–H and O–H groups in total. The predicted octanol–water partition coefficient (Wildman–Crippen LogP) is 2.66. The van der Waals surface area contributed by atoms with E-state index in [1.807, 2.05) is 24.6 Å². The van der Waals surface area contributed by atoms with Crippen LogP contribution in [0, 0.1) is 19.3 Å². The van der Waals surface area contributed by atoms with Gasteiger partial charge in [0, 0.05) is 18.8 Å². The Morgan fingerprint density at radius 3 is 2.43 bits per heavy atom. The molecular weight excluding hydrogens is 262 g/mol. The summed E-state index contributed by atoms with van der Waals surface area (Å²) in [5, 5.41) is 13.3. The number of anilines is 1. The number of aromatic nitrogens is 4. The van der Waals surface area contributed by atoms with Gasteiger partial charge in [0.1, 0.15) is 0 Å². The Hall–Kier alpha value is -1.91. The molecule has 2 aliphatic rings. The van der Waals surface area contributed by atoms with Gasteiger partial charge in [-0.15, -0.1) is 10.2 Å². The minimum absolute atomic E-state index is 0.605. The summed E-state index contributed by atoms with van der Waals surface area (Å²) < 4.78 is 1.85. The lowest BCUT2D eigenvalue weighted by molar-refractivity contribution is 0.393. The van der Waals surface area contributed by atoms with Crippen LogP contribution in [0.5, 0.6) is 0 Å². The molecule has 1 saturated heterocycles. The van der Waals surface area contributed by atoms with E-state index in [0.717, 1.165) is 36.1 Å². The molecule has 5 nitrogen and oxygen atoms in total. The summed E-state index contributed by atoms with van der Waals surface area (Å²) in [5.74, 6) is 1.80. The smallest absolute Gasteiger partial charge is 0.176 e. The molecule has 2 aromatic heterocycles. The molecule has 4 rings (SSSR count). The van der Waals surface area contributed by atoms with Gasteiger partial charge in [-0.25, -0.2) is 4.68 Å². The van der Waals surface area contributed by atoms with Gasteiger partial charge in [0.25, 0.3) is 0 Å². The molecule has 1 saturated carbocycles. The summed E-state index contributed by atoms with van der Waals surface area (Å²) in [7, 11) is 0. The third kappa shape index (κ3) is 2.30. The van der Waals surface area contributed by atoms with Gasteiger partial charge in [-0.3, -0.25) is 0 Å². The highest BCUT2D eigenvalue weighted by molar-refractivity contribution is 5.41. The van der Waals surface area contributed by atoms with Gasteiger partial charge in [0.15, 0.2) is 11.6 Å². The molecule has 110 valence electrons. The minimum atomic E-state index is 0.605. The molecule has 0 atom stereocenters. The Balaban J connectivity index is 1.57. The van der Waals surface area contributed by atoms with Crippen molar-refractivity contribution in [2.45, 2.75) is 39.5 Å². The fourth-order valence-corrected chi connectivity index (χ4v) is 3.45. The molecule has 0 unspecified atom stereocenters. The van der Waals surface area contributed by atoms with E-state index in [1.165, 1.54) is 25.7 Å². The molecule has 2 aromatic rings. The molecule has 0 amide bonds. The number of nitrogens with zero attached hydrogens (tertiary/aromatic N) is 5. The van der Waals surface area contributed by atoms with Crippen molar-refractivity contribution >= 4 is 5.82 Å². The van der Waals surface area contributed by atoms with E-state index in [2.05, 4.69) is 32.3 Å². The molecule has 21 heavy (non-hydrogen) atoms. The average Bonchev–Trinajstić information content (AvgIpc) is 3.14. The SMILES string of the molecule is Cc1cc(C)n(-c2ccc(N3CCCC4(CC4)C3)nn2)n1. The molecule has 0 radical (unpaired) electrons. The van der Waals surface area contributed by atoms with Crippen molar-refractivity contribution < 1.29 is 0 Å². The zero-order valence-electron chi connectivity index (χ0n) is 12.7. The zero-order chi connectivity index (χ0) is 14.4.